The van der Waals surface area contributed by atoms with E-state index in [0.29, 0.717) is 6.10 Å². The smallest absolute Gasteiger partial charge is 0.123 e. The van der Waals surface area contributed by atoms with Gasteiger partial charge < -0.3 is 14.8 Å². The van der Waals surface area contributed by atoms with Crippen LogP contribution in [0.15, 0.2) is 22.7 Å². The van der Waals surface area contributed by atoms with Gasteiger partial charge >= 0.3 is 0 Å². The lowest BCUT2D eigenvalue weighted by atomic mass is 10.1. The van der Waals surface area contributed by atoms with Crippen LogP contribution in [-0.2, 0) is 11.2 Å². The van der Waals surface area contributed by atoms with E-state index in [2.05, 4.69) is 38.3 Å². The van der Waals surface area contributed by atoms with Gasteiger partial charge in [-0.3, -0.25) is 4.90 Å². The molecule has 2 heterocycles. The first kappa shape index (κ1) is 14.3. The lowest BCUT2D eigenvalue weighted by Crippen LogP contribution is -2.49. The van der Waals surface area contributed by atoms with Crippen molar-refractivity contribution in [2.75, 3.05) is 39.8 Å². The summed E-state index contributed by atoms with van der Waals surface area (Å²) in [7, 11) is 1.97. The molecule has 2 aliphatic rings. The van der Waals surface area contributed by atoms with Gasteiger partial charge in [-0.15, -0.1) is 0 Å². The van der Waals surface area contributed by atoms with Crippen LogP contribution < -0.4 is 10.1 Å². The molecule has 1 fully saturated rings. The van der Waals surface area contributed by atoms with E-state index in [1.54, 1.807) is 0 Å². The fourth-order valence-electron chi connectivity index (χ4n) is 2.98. The van der Waals surface area contributed by atoms with E-state index in [4.69, 9.17) is 9.47 Å². The molecule has 2 unspecified atom stereocenters. The summed E-state index contributed by atoms with van der Waals surface area (Å²) in [6.45, 7) is 4.70. The molecule has 0 radical (unpaired) electrons. The molecular formula is C15H21BrN2O2. The van der Waals surface area contributed by atoms with Crippen molar-refractivity contribution in [1.29, 1.82) is 0 Å². The van der Waals surface area contributed by atoms with Gasteiger partial charge in [0, 0.05) is 37.1 Å². The predicted octanol–water partition coefficient (Wildman–Crippen LogP) is 1.67. The minimum absolute atomic E-state index is 0.271. The maximum absolute atomic E-state index is 6.04. The number of likely N-dealkylation sites (N-methyl/N-ethyl adjacent to an activating group) is 1. The topological polar surface area (TPSA) is 33.7 Å². The summed E-state index contributed by atoms with van der Waals surface area (Å²) in [5.74, 6) is 1.04. The molecule has 1 saturated heterocycles. The van der Waals surface area contributed by atoms with E-state index in [0.717, 1.165) is 49.4 Å². The quantitative estimate of drug-likeness (QED) is 0.904. The van der Waals surface area contributed by atoms with Gasteiger partial charge in [0.15, 0.2) is 0 Å². The average molecular weight is 341 g/mol. The molecule has 1 aromatic rings. The maximum Gasteiger partial charge on any atom is 0.123 e. The number of benzene rings is 1. The molecule has 20 heavy (non-hydrogen) atoms. The highest BCUT2D eigenvalue weighted by atomic mass is 79.9. The van der Waals surface area contributed by atoms with Crippen molar-refractivity contribution in [2.24, 2.45) is 0 Å². The average Bonchev–Trinajstić information content (AvgIpc) is 2.81. The Balaban J connectivity index is 1.55. The van der Waals surface area contributed by atoms with Gasteiger partial charge in [0.2, 0.25) is 0 Å². The second kappa shape index (κ2) is 6.43. The summed E-state index contributed by atoms with van der Waals surface area (Å²) in [6, 6.07) is 6.26. The Morgan fingerprint density at radius 3 is 3.15 bits per heavy atom. The molecule has 0 saturated carbocycles. The molecule has 0 aromatic heterocycles. The Bertz CT molecular complexity index is 467. The second-order valence-electron chi connectivity index (χ2n) is 5.51. The van der Waals surface area contributed by atoms with E-state index in [9.17, 15) is 0 Å². The van der Waals surface area contributed by atoms with Crippen molar-refractivity contribution in [1.82, 2.24) is 10.2 Å². The molecule has 0 bridgehead atoms. The largest absolute Gasteiger partial charge is 0.488 e. The van der Waals surface area contributed by atoms with E-state index in [-0.39, 0.29) is 6.10 Å². The van der Waals surface area contributed by atoms with Gasteiger partial charge in [-0.1, -0.05) is 15.9 Å². The SMILES string of the molecule is CNCC1CN(CC2Cc3cc(Br)ccc3O2)CCO1. The Morgan fingerprint density at radius 1 is 1.40 bits per heavy atom. The molecular weight excluding hydrogens is 320 g/mol. The van der Waals surface area contributed by atoms with Gasteiger partial charge in [-0.25, -0.2) is 0 Å². The zero-order valence-electron chi connectivity index (χ0n) is 11.8. The molecule has 2 atom stereocenters. The molecule has 1 N–H and O–H groups in total. The Kier molecular flexibility index (Phi) is 4.61. The molecule has 110 valence electrons. The van der Waals surface area contributed by atoms with Crippen molar-refractivity contribution in [2.45, 2.75) is 18.6 Å². The number of nitrogens with one attached hydrogen (secondary N) is 1. The number of ether oxygens (including phenoxy) is 2. The standard InChI is InChI=1S/C15H21BrN2O2/c1-17-8-14-10-18(4-5-19-14)9-13-7-11-6-12(16)2-3-15(11)20-13/h2-3,6,13-14,17H,4-5,7-10H2,1H3. The number of halogens is 1. The minimum Gasteiger partial charge on any atom is -0.488 e. The first-order valence-corrected chi connectivity index (χ1v) is 7.97. The fraction of sp³-hybridized carbons (Fsp3) is 0.600. The lowest BCUT2D eigenvalue weighted by Gasteiger charge is -2.34. The number of morpholine rings is 1. The Morgan fingerprint density at radius 2 is 2.30 bits per heavy atom. The summed E-state index contributed by atoms with van der Waals surface area (Å²) < 4.78 is 12.9. The first-order valence-electron chi connectivity index (χ1n) is 7.18. The van der Waals surface area contributed by atoms with Crippen molar-refractivity contribution in [3.05, 3.63) is 28.2 Å². The molecule has 2 aliphatic heterocycles. The molecule has 3 rings (SSSR count). The van der Waals surface area contributed by atoms with Crippen molar-refractivity contribution in [3.63, 3.8) is 0 Å². The van der Waals surface area contributed by atoms with Crippen LogP contribution >= 0.6 is 15.9 Å². The van der Waals surface area contributed by atoms with Gasteiger partial charge in [0.1, 0.15) is 11.9 Å². The summed E-state index contributed by atoms with van der Waals surface area (Å²) in [6.07, 6.45) is 1.57. The number of nitrogens with zero attached hydrogens (tertiary/aromatic N) is 1. The van der Waals surface area contributed by atoms with Crippen LogP contribution in [-0.4, -0.2) is 56.9 Å². The fourth-order valence-corrected chi connectivity index (χ4v) is 3.38. The lowest BCUT2D eigenvalue weighted by molar-refractivity contribution is -0.0347. The summed E-state index contributed by atoms with van der Waals surface area (Å²) >= 11 is 3.52. The van der Waals surface area contributed by atoms with Gasteiger partial charge in [-0.05, 0) is 30.8 Å². The zero-order chi connectivity index (χ0) is 13.9. The third-order valence-electron chi connectivity index (χ3n) is 3.88. The highest BCUT2D eigenvalue weighted by Gasteiger charge is 2.27. The molecule has 0 aliphatic carbocycles. The van der Waals surface area contributed by atoms with Crippen LogP contribution in [0.5, 0.6) is 5.75 Å². The number of hydrogen-bond acceptors (Lipinski definition) is 4. The van der Waals surface area contributed by atoms with Crippen LogP contribution in [0.25, 0.3) is 0 Å². The van der Waals surface area contributed by atoms with Gasteiger partial charge in [0.25, 0.3) is 0 Å². The summed E-state index contributed by atoms with van der Waals surface area (Å²) in [4.78, 5) is 2.46. The van der Waals surface area contributed by atoms with Crippen LogP contribution in [0.1, 0.15) is 5.56 Å². The van der Waals surface area contributed by atoms with E-state index in [1.807, 2.05) is 13.1 Å². The van der Waals surface area contributed by atoms with Gasteiger partial charge in [-0.2, -0.15) is 0 Å². The molecule has 1 aromatic carbocycles. The third kappa shape index (κ3) is 3.34. The van der Waals surface area contributed by atoms with Crippen molar-refractivity contribution in [3.8, 4) is 5.75 Å². The summed E-state index contributed by atoms with van der Waals surface area (Å²) in [5, 5.41) is 3.18. The third-order valence-corrected chi connectivity index (χ3v) is 4.37. The van der Waals surface area contributed by atoms with E-state index in [1.165, 1.54) is 5.56 Å². The second-order valence-corrected chi connectivity index (χ2v) is 6.42. The van der Waals surface area contributed by atoms with Crippen LogP contribution in [0.2, 0.25) is 0 Å². The molecule has 5 heteroatoms. The number of hydrogen-bond donors (Lipinski definition) is 1. The highest BCUT2D eigenvalue weighted by Crippen LogP contribution is 2.31. The normalized spacial score (nSPS) is 26.3. The monoisotopic (exact) mass is 340 g/mol. The van der Waals surface area contributed by atoms with Crippen molar-refractivity contribution < 1.29 is 9.47 Å². The molecule has 0 amide bonds. The minimum atomic E-state index is 0.271. The molecule has 0 spiro atoms. The van der Waals surface area contributed by atoms with E-state index < -0.39 is 0 Å². The highest BCUT2D eigenvalue weighted by molar-refractivity contribution is 9.10. The summed E-state index contributed by atoms with van der Waals surface area (Å²) in [5.41, 5.74) is 1.31. The maximum atomic E-state index is 6.04. The van der Waals surface area contributed by atoms with Crippen LogP contribution in [0.4, 0.5) is 0 Å². The van der Waals surface area contributed by atoms with E-state index >= 15 is 0 Å². The Labute approximate surface area is 128 Å². The van der Waals surface area contributed by atoms with Gasteiger partial charge in [0.05, 0.1) is 12.7 Å². The zero-order valence-corrected chi connectivity index (χ0v) is 13.4. The molecule has 4 nitrogen and oxygen atoms in total. The first-order chi connectivity index (χ1) is 9.74. The number of rotatable bonds is 4. The predicted molar refractivity (Wildman–Crippen MR) is 82.4 cm³/mol. The van der Waals surface area contributed by atoms with Crippen LogP contribution in [0.3, 0.4) is 0 Å². The van der Waals surface area contributed by atoms with Crippen molar-refractivity contribution >= 4 is 15.9 Å². The Hall–Kier alpha value is -0.620. The van der Waals surface area contributed by atoms with Crippen LogP contribution in [0, 0.1) is 0 Å². The number of fused-ring (bicyclic) bond motifs is 1.